The number of halogens is 1. The van der Waals surface area contributed by atoms with Crippen molar-refractivity contribution >= 4 is 21.6 Å². The number of rotatable bonds is 3. The van der Waals surface area contributed by atoms with E-state index in [1.165, 1.54) is 0 Å². The molecule has 0 spiro atoms. The molecule has 1 aromatic rings. The van der Waals surface area contributed by atoms with E-state index >= 15 is 0 Å². The number of nitrogens with zero attached hydrogens (tertiary/aromatic N) is 2. The van der Waals surface area contributed by atoms with E-state index in [2.05, 4.69) is 20.6 Å². The van der Waals surface area contributed by atoms with E-state index in [4.69, 9.17) is 18.0 Å². The van der Waals surface area contributed by atoms with Crippen molar-refractivity contribution in [3.8, 4) is 12.3 Å². The van der Waals surface area contributed by atoms with Gasteiger partial charge >= 0.3 is 0 Å². The van der Waals surface area contributed by atoms with Crippen LogP contribution in [-0.2, 0) is 10.0 Å². The Morgan fingerprint density at radius 1 is 1.50 bits per heavy atom. The molecule has 0 aliphatic rings. The van der Waals surface area contributed by atoms with Gasteiger partial charge in [0.25, 0.3) is 0 Å². The van der Waals surface area contributed by atoms with Crippen LogP contribution >= 0.6 is 11.6 Å². The number of hydrogen-bond acceptors (Lipinski definition) is 4. The molecular weight excluding hydrogens is 226 g/mol. The average molecular weight is 232 g/mol. The van der Waals surface area contributed by atoms with E-state index in [1.807, 2.05) is 0 Å². The van der Waals surface area contributed by atoms with Crippen molar-refractivity contribution in [1.82, 2.24) is 14.7 Å². The fraction of sp³-hybridized carbons (Fsp3) is 0.143. The van der Waals surface area contributed by atoms with Crippen molar-refractivity contribution in [2.24, 2.45) is 0 Å². The lowest BCUT2D eigenvalue weighted by Gasteiger charge is -2.01. The number of nitrogens with one attached hydrogen (secondary N) is 1. The number of sulfonamides is 1. The Balaban J connectivity index is 2.94. The molecule has 0 saturated carbocycles. The van der Waals surface area contributed by atoms with Crippen LogP contribution < -0.4 is 4.72 Å². The van der Waals surface area contributed by atoms with Gasteiger partial charge in [0.15, 0.2) is 0 Å². The van der Waals surface area contributed by atoms with Crippen LogP contribution in [0, 0.1) is 12.3 Å². The minimum Gasteiger partial charge on any atom is -0.225 e. The Kier molecular flexibility index (Phi) is 3.41. The van der Waals surface area contributed by atoms with Gasteiger partial charge in [-0.15, -0.1) is 6.42 Å². The van der Waals surface area contributed by atoms with Crippen molar-refractivity contribution in [1.29, 1.82) is 0 Å². The molecule has 0 fully saturated rings. The monoisotopic (exact) mass is 231 g/mol. The van der Waals surface area contributed by atoms with Crippen LogP contribution in [0.2, 0.25) is 5.28 Å². The summed E-state index contributed by atoms with van der Waals surface area (Å²) in [7, 11) is -3.62. The first kappa shape index (κ1) is 10.9. The summed E-state index contributed by atoms with van der Waals surface area (Å²) in [5.74, 6) is 2.15. The maximum absolute atomic E-state index is 11.4. The standard InChI is InChI=1S/C7H6ClN3O2S/c1-2-3-11-14(12,13)6-4-9-7(8)10-5-6/h1,4-5,11H,3H2. The molecule has 0 atom stereocenters. The predicted octanol–water partition coefficient (Wildman–Crippen LogP) is 0.0415. The zero-order valence-electron chi connectivity index (χ0n) is 6.94. The molecular formula is C7H6ClN3O2S. The second-order valence-electron chi connectivity index (χ2n) is 2.22. The van der Waals surface area contributed by atoms with Crippen LogP contribution in [0.15, 0.2) is 17.3 Å². The molecule has 0 bridgehead atoms. The molecule has 5 nitrogen and oxygen atoms in total. The molecule has 0 aromatic carbocycles. The fourth-order valence-corrected chi connectivity index (χ4v) is 1.58. The third kappa shape index (κ3) is 2.67. The van der Waals surface area contributed by atoms with Crippen LogP contribution in [0.25, 0.3) is 0 Å². The highest BCUT2D eigenvalue weighted by atomic mass is 35.5. The topological polar surface area (TPSA) is 72.0 Å². The first-order valence-electron chi connectivity index (χ1n) is 3.47. The van der Waals surface area contributed by atoms with Crippen molar-refractivity contribution in [3.63, 3.8) is 0 Å². The summed E-state index contributed by atoms with van der Waals surface area (Å²) in [5.41, 5.74) is 0. The lowest BCUT2D eigenvalue weighted by molar-refractivity contribution is 0.585. The first-order valence-corrected chi connectivity index (χ1v) is 5.33. The quantitative estimate of drug-likeness (QED) is 0.589. The predicted molar refractivity (Wildman–Crippen MR) is 51.1 cm³/mol. The number of hydrogen-bond donors (Lipinski definition) is 1. The van der Waals surface area contributed by atoms with Gasteiger partial charge in [-0.05, 0) is 11.6 Å². The van der Waals surface area contributed by atoms with Gasteiger partial charge in [0, 0.05) is 0 Å². The largest absolute Gasteiger partial charge is 0.244 e. The Hall–Kier alpha value is -1.16. The first-order chi connectivity index (χ1) is 6.56. The summed E-state index contributed by atoms with van der Waals surface area (Å²) >= 11 is 5.40. The van der Waals surface area contributed by atoms with Crippen molar-refractivity contribution < 1.29 is 8.42 Å². The van der Waals surface area contributed by atoms with Crippen LogP contribution in [0.5, 0.6) is 0 Å². The van der Waals surface area contributed by atoms with Gasteiger partial charge < -0.3 is 0 Å². The number of aromatic nitrogens is 2. The van der Waals surface area contributed by atoms with E-state index in [9.17, 15) is 8.42 Å². The van der Waals surface area contributed by atoms with Gasteiger partial charge in [-0.2, -0.15) is 4.72 Å². The molecule has 0 aliphatic heterocycles. The minimum atomic E-state index is -3.62. The van der Waals surface area contributed by atoms with Crippen LogP contribution in [-0.4, -0.2) is 24.9 Å². The maximum Gasteiger partial charge on any atom is 0.244 e. The van der Waals surface area contributed by atoms with Gasteiger partial charge in [0.05, 0.1) is 18.9 Å². The summed E-state index contributed by atoms with van der Waals surface area (Å²) in [5, 5.41) is -0.0131. The van der Waals surface area contributed by atoms with E-state index in [0.29, 0.717) is 0 Å². The summed E-state index contributed by atoms with van der Waals surface area (Å²) < 4.78 is 24.9. The molecule has 0 saturated heterocycles. The zero-order valence-corrected chi connectivity index (χ0v) is 8.51. The van der Waals surface area contributed by atoms with E-state index in [1.54, 1.807) is 0 Å². The Morgan fingerprint density at radius 3 is 2.57 bits per heavy atom. The average Bonchev–Trinajstić information content (AvgIpc) is 2.16. The van der Waals surface area contributed by atoms with Crippen LogP contribution in [0.4, 0.5) is 0 Å². The Morgan fingerprint density at radius 2 is 2.07 bits per heavy atom. The van der Waals surface area contributed by atoms with Gasteiger partial charge in [-0.1, -0.05) is 5.92 Å². The second kappa shape index (κ2) is 4.37. The Labute approximate surface area is 86.6 Å². The highest BCUT2D eigenvalue weighted by Crippen LogP contribution is 2.06. The minimum absolute atomic E-state index is 0.0131. The van der Waals surface area contributed by atoms with Gasteiger partial charge in [0.1, 0.15) is 4.90 Å². The highest BCUT2D eigenvalue weighted by molar-refractivity contribution is 7.89. The lowest BCUT2D eigenvalue weighted by atomic mass is 10.7. The van der Waals surface area contributed by atoms with E-state index < -0.39 is 10.0 Å². The maximum atomic E-state index is 11.4. The number of terminal acetylenes is 1. The Bertz CT molecular complexity index is 449. The summed E-state index contributed by atoms with van der Waals surface area (Å²) in [6, 6.07) is 0. The summed E-state index contributed by atoms with van der Waals surface area (Å²) in [4.78, 5) is 7.00. The molecule has 0 aliphatic carbocycles. The molecule has 1 aromatic heterocycles. The molecule has 1 heterocycles. The molecule has 1 rings (SSSR count). The second-order valence-corrected chi connectivity index (χ2v) is 4.32. The van der Waals surface area contributed by atoms with Crippen molar-refractivity contribution in [2.75, 3.05) is 6.54 Å². The highest BCUT2D eigenvalue weighted by Gasteiger charge is 2.13. The van der Waals surface area contributed by atoms with Crippen LogP contribution in [0.3, 0.4) is 0 Å². The molecule has 1 N–H and O–H groups in total. The molecule has 7 heteroatoms. The molecule has 14 heavy (non-hydrogen) atoms. The summed E-state index contributed by atoms with van der Waals surface area (Å²) in [6.45, 7) is -0.0784. The smallest absolute Gasteiger partial charge is 0.225 e. The van der Waals surface area contributed by atoms with Gasteiger partial charge in [-0.3, -0.25) is 0 Å². The summed E-state index contributed by atoms with van der Waals surface area (Å²) in [6.07, 6.45) is 7.12. The molecule has 0 amide bonds. The van der Waals surface area contributed by atoms with Crippen molar-refractivity contribution in [3.05, 3.63) is 17.7 Å². The third-order valence-corrected chi connectivity index (χ3v) is 2.82. The van der Waals surface area contributed by atoms with Gasteiger partial charge in [0.2, 0.25) is 15.3 Å². The van der Waals surface area contributed by atoms with Crippen LogP contribution in [0.1, 0.15) is 0 Å². The van der Waals surface area contributed by atoms with E-state index in [-0.39, 0.29) is 16.7 Å². The normalized spacial score (nSPS) is 10.9. The van der Waals surface area contributed by atoms with Crippen molar-refractivity contribution in [2.45, 2.75) is 4.90 Å². The fourth-order valence-electron chi connectivity index (χ4n) is 0.659. The lowest BCUT2D eigenvalue weighted by Crippen LogP contribution is -2.24. The zero-order chi connectivity index (χ0) is 10.6. The third-order valence-electron chi connectivity index (χ3n) is 1.27. The molecule has 0 unspecified atom stereocenters. The molecule has 74 valence electrons. The SMILES string of the molecule is C#CCNS(=O)(=O)c1cnc(Cl)nc1. The molecule has 0 radical (unpaired) electrons. The van der Waals surface area contributed by atoms with E-state index in [0.717, 1.165) is 12.4 Å². The van der Waals surface area contributed by atoms with Gasteiger partial charge in [-0.25, -0.2) is 18.4 Å².